The van der Waals surface area contributed by atoms with Gasteiger partial charge in [0.05, 0.1) is 5.56 Å². The predicted molar refractivity (Wildman–Crippen MR) is 110 cm³/mol. The second-order valence-corrected chi connectivity index (χ2v) is 7.36. The number of nitriles is 1. The van der Waals surface area contributed by atoms with Crippen LogP contribution in [0.1, 0.15) is 45.8 Å². The van der Waals surface area contributed by atoms with Crippen molar-refractivity contribution in [3.8, 4) is 6.07 Å². The van der Waals surface area contributed by atoms with Crippen molar-refractivity contribution in [2.24, 2.45) is 0 Å². The molecule has 3 aromatic rings. The van der Waals surface area contributed by atoms with Crippen molar-refractivity contribution in [3.63, 3.8) is 0 Å². The van der Waals surface area contributed by atoms with E-state index in [1.807, 2.05) is 42.5 Å². The van der Waals surface area contributed by atoms with Crippen LogP contribution >= 0.6 is 0 Å². The van der Waals surface area contributed by atoms with Crippen LogP contribution in [0.2, 0.25) is 0 Å². The summed E-state index contributed by atoms with van der Waals surface area (Å²) in [6, 6.07) is 15.8. The molecule has 4 rings (SSSR count). The van der Waals surface area contributed by atoms with Crippen molar-refractivity contribution >= 4 is 22.7 Å². The van der Waals surface area contributed by atoms with Gasteiger partial charge in [0.1, 0.15) is 6.07 Å². The van der Waals surface area contributed by atoms with E-state index >= 15 is 0 Å². The Bertz CT molecular complexity index is 1080. The molecule has 1 aliphatic rings. The molecule has 0 saturated carbocycles. The lowest BCUT2D eigenvalue weighted by molar-refractivity contribution is -0.122. The summed E-state index contributed by atoms with van der Waals surface area (Å²) >= 11 is 0. The maximum atomic E-state index is 12.4. The van der Waals surface area contributed by atoms with Gasteiger partial charge in [0.15, 0.2) is 0 Å². The second kappa shape index (κ2) is 8.19. The van der Waals surface area contributed by atoms with Gasteiger partial charge in [-0.1, -0.05) is 18.2 Å². The summed E-state index contributed by atoms with van der Waals surface area (Å²) in [4.78, 5) is 26.8. The van der Waals surface area contributed by atoms with Crippen molar-refractivity contribution in [2.75, 3.05) is 13.1 Å². The molecule has 29 heavy (non-hydrogen) atoms. The van der Waals surface area contributed by atoms with Gasteiger partial charge in [0.2, 0.25) is 5.91 Å². The van der Waals surface area contributed by atoms with Crippen LogP contribution in [0.25, 0.3) is 10.9 Å². The van der Waals surface area contributed by atoms with E-state index in [4.69, 9.17) is 5.26 Å². The van der Waals surface area contributed by atoms with Crippen molar-refractivity contribution in [1.29, 1.82) is 5.26 Å². The van der Waals surface area contributed by atoms with Gasteiger partial charge in [-0.2, -0.15) is 5.26 Å². The Balaban J connectivity index is 1.33. The van der Waals surface area contributed by atoms with Crippen LogP contribution in [0.3, 0.4) is 0 Å². The molecule has 6 nitrogen and oxygen atoms in total. The standard InChI is InChI=1S/C23H22N4O2/c24-12-19-14-26-21-7-1-15(11-20(19)21)9-10-25-23(29)17-4-2-16(3-5-17)18-6-8-22(28)27-13-18/h1-5,7,11,14,18,26H,6,8-10,13H2,(H,25,29)(H,27,28). The molecule has 6 heteroatoms. The van der Waals surface area contributed by atoms with Crippen LogP contribution in [-0.4, -0.2) is 29.9 Å². The zero-order chi connectivity index (χ0) is 20.2. The van der Waals surface area contributed by atoms with Crippen LogP contribution in [-0.2, 0) is 11.2 Å². The van der Waals surface area contributed by atoms with Crippen LogP contribution in [0, 0.1) is 11.3 Å². The predicted octanol–water partition coefficient (Wildman–Crippen LogP) is 3.01. The molecule has 2 heterocycles. The lowest BCUT2D eigenvalue weighted by Gasteiger charge is -2.22. The number of hydrogen-bond donors (Lipinski definition) is 3. The van der Waals surface area contributed by atoms with Gasteiger partial charge in [-0.15, -0.1) is 0 Å². The van der Waals surface area contributed by atoms with Crippen molar-refractivity contribution in [2.45, 2.75) is 25.2 Å². The topological polar surface area (TPSA) is 97.8 Å². The third-order valence-corrected chi connectivity index (χ3v) is 5.48. The number of rotatable bonds is 5. The third kappa shape index (κ3) is 4.14. The van der Waals surface area contributed by atoms with Crippen LogP contribution < -0.4 is 10.6 Å². The second-order valence-electron chi connectivity index (χ2n) is 7.36. The zero-order valence-electron chi connectivity index (χ0n) is 16.0. The number of hydrogen-bond acceptors (Lipinski definition) is 3. The van der Waals surface area contributed by atoms with Gasteiger partial charge >= 0.3 is 0 Å². The highest BCUT2D eigenvalue weighted by molar-refractivity contribution is 5.94. The Morgan fingerprint density at radius 2 is 2.03 bits per heavy atom. The molecule has 1 aliphatic heterocycles. The maximum Gasteiger partial charge on any atom is 0.251 e. The fraction of sp³-hybridized carbons (Fsp3) is 0.261. The Morgan fingerprint density at radius 1 is 1.21 bits per heavy atom. The number of nitrogens with zero attached hydrogens (tertiary/aromatic N) is 1. The Morgan fingerprint density at radius 3 is 2.76 bits per heavy atom. The first-order valence-electron chi connectivity index (χ1n) is 9.79. The molecule has 1 saturated heterocycles. The fourth-order valence-electron chi connectivity index (χ4n) is 3.76. The summed E-state index contributed by atoms with van der Waals surface area (Å²) < 4.78 is 0. The number of piperidine rings is 1. The summed E-state index contributed by atoms with van der Waals surface area (Å²) in [5.74, 6) is 0.317. The molecule has 0 aliphatic carbocycles. The lowest BCUT2D eigenvalue weighted by Crippen LogP contribution is -2.33. The summed E-state index contributed by atoms with van der Waals surface area (Å²) in [7, 11) is 0. The van der Waals surface area contributed by atoms with Crippen molar-refractivity contribution < 1.29 is 9.59 Å². The number of amides is 2. The molecule has 3 N–H and O–H groups in total. The Kier molecular flexibility index (Phi) is 5.30. The minimum Gasteiger partial charge on any atom is -0.360 e. The molecule has 2 aromatic carbocycles. The highest BCUT2D eigenvalue weighted by Gasteiger charge is 2.19. The van der Waals surface area contributed by atoms with Crippen LogP contribution in [0.4, 0.5) is 0 Å². The third-order valence-electron chi connectivity index (χ3n) is 5.48. The molecule has 1 atom stereocenters. The number of fused-ring (bicyclic) bond motifs is 1. The van der Waals surface area contributed by atoms with Gasteiger partial charge in [-0.3, -0.25) is 9.59 Å². The maximum absolute atomic E-state index is 12.4. The summed E-state index contributed by atoms with van der Waals surface area (Å²) in [6.07, 6.45) is 3.80. The van der Waals surface area contributed by atoms with Crippen molar-refractivity contribution in [3.05, 3.63) is 70.9 Å². The first-order chi connectivity index (χ1) is 14.1. The quantitative estimate of drug-likeness (QED) is 0.629. The molecule has 0 bridgehead atoms. The molecular weight excluding hydrogens is 364 g/mol. The highest BCUT2D eigenvalue weighted by atomic mass is 16.2. The van der Waals surface area contributed by atoms with Crippen LogP contribution in [0.15, 0.2) is 48.7 Å². The van der Waals surface area contributed by atoms with Gasteiger partial charge in [0, 0.05) is 48.1 Å². The van der Waals surface area contributed by atoms with Gasteiger partial charge in [0.25, 0.3) is 5.91 Å². The molecule has 146 valence electrons. The van der Waals surface area contributed by atoms with E-state index in [0.29, 0.717) is 43.0 Å². The average molecular weight is 386 g/mol. The van der Waals surface area contributed by atoms with Crippen LogP contribution in [0.5, 0.6) is 0 Å². The number of aromatic amines is 1. The molecule has 1 fully saturated rings. The Labute approximate surface area is 168 Å². The number of aromatic nitrogens is 1. The van der Waals surface area contributed by atoms with E-state index in [9.17, 15) is 9.59 Å². The first kappa shape index (κ1) is 18.8. The minimum absolute atomic E-state index is 0.103. The van der Waals surface area contributed by atoms with E-state index in [2.05, 4.69) is 21.7 Å². The summed E-state index contributed by atoms with van der Waals surface area (Å²) in [5.41, 5.74) is 4.41. The molecule has 0 spiro atoms. The molecule has 1 unspecified atom stereocenters. The molecule has 1 aromatic heterocycles. The molecule has 0 radical (unpaired) electrons. The summed E-state index contributed by atoms with van der Waals surface area (Å²) in [6.45, 7) is 1.18. The normalized spacial score (nSPS) is 16.2. The van der Waals surface area contributed by atoms with E-state index in [0.717, 1.165) is 28.5 Å². The number of carbonyl (C=O) groups excluding carboxylic acids is 2. The zero-order valence-corrected chi connectivity index (χ0v) is 16.0. The first-order valence-corrected chi connectivity index (χ1v) is 9.79. The fourth-order valence-corrected chi connectivity index (χ4v) is 3.76. The monoisotopic (exact) mass is 386 g/mol. The number of carbonyl (C=O) groups is 2. The van der Waals surface area contributed by atoms with E-state index < -0.39 is 0 Å². The molecule has 2 amide bonds. The number of H-pyrrole nitrogens is 1. The summed E-state index contributed by atoms with van der Waals surface area (Å²) in [5, 5.41) is 15.9. The van der Waals surface area contributed by atoms with Gasteiger partial charge < -0.3 is 15.6 Å². The van der Waals surface area contributed by atoms with Gasteiger partial charge in [-0.05, 0) is 48.2 Å². The lowest BCUT2D eigenvalue weighted by atomic mass is 9.91. The molecular formula is C23H22N4O2. The largest absolute Gasteiger partial charge is 0.360 e. The van der Waals surface area contributed by atoms with E-state index in [1.165, 1.54) is 0 Å². The number of benzene rings is 2. The highest BCUT2D eigenvalue weighted by Crippen LogP contribution is 2.24. The SMILES string of the molecule is N#Cc1c[nH]c2ccc(CCNC(=O)c3ccc(C4CCC(=O)NC4)cc3)cc12. The number of nitrogens with one attached hydrogen (secondary N) is 3. The average Bonchev–Trinajstić information content (AvgIpc) is 3.17. The van der Waals surface area contributed by atoms with E-state index in [-0.39, 0.29) is 11.8 Å². The van der Waals surface area contributed by atoms with E-state index in [1.54, 1.807) is 6.20 Å². The van der Waals surface area contributed by atoms with Crippen molar-refractivity contribution in [1.82, 2.24) is 15.6 Å². The van der Waals surface area contributed by atoms with Gasteiger partial charge in [-0.25, -0.2) is 0 Å². The Hall–Kier alpha value is -3.59. The minimum atomic E-state index is -0.103. The smallest absolute Gasteiger partial charge is 0.251 e.